The third-order valence-corrected chi connectivity index (χ3v) is 18.1. The molecule has 1 spiro atoms. The Kier molecular flexibility index (Phi) is 37.4. The van der Waals surface area contributed by atoms with Gasteiger partial charge in [0.25, 0.3) is 0 Å². The zero-order valence-corrected chi connectivity index (χ0v) is 47.5. The highest BCUT2D eigenvalue weighted by molar-refractivity contribution is 5.93. The fourth-order valence-electron chi connectivity index (χ4n) is 12.9. The van der Waals surface area contributed by atoms with Gasteiger partial charge in [-0.05, 0) is 87.8 Å². The van der Waals surface area contributed by atoms with Crippen LogP contribution in [0.4, 0.5) is 0 Å². The number of nitrogens with zero attached hydrogens (tertiary/aromatic N) is 1. The number of piperidine rings is 1. The van der Waals surface area contributed by atoms with Crippen molar-refractivity contribution >= 4 is 5.97 Å². The van der Waals surface area contributed by atoms with E-state index in [1.165, 1.54) is 328 Å². The minimum atomic E-state index is -0.538. The number of nitrogens with one attached hydrogen (secondary N) is 1. The van der Waals surface area contributed by atoms with Gasteiger partial charge in [0.05, 0.1) is 11.7 Å². The zero-order valence-electron chi connectivity index (χ0n) is 47.5. The molecule has 1 aromatic carbocycles. The summed E-state index contributed by atoms with van der Waals surface area (Å²) in [7, 11) is 0. The highest BCUT2D eigenvalue weighted by atomic mass is 16.5. The van der Waals surface area contributed by atoms with Crippen LogP contribution in [0.3, 0.4) is 0 Å². The van der Waals surface area contributed by atoms with Crippen molar-refractivity contribution in [3.8, 4) is 0 Å². The maximum Gasteiger partial charge on any atom is 0.338 e. The molecule has 2 saturated heterocycles. The molecule has 0 bridgehead atoms. The Bertz CT molecular complexity index is 1330. The van der Waals surface area contributed by atoms with Crippen molar-refractivity contribution in [2.75, 3.05) is 32.7 Å². The van der Waals surface area contributed by atoms with Crippen LogP contribution in [0.2, 0.25) is 0 Å². The number of aliphatic hydroxyl groups excluding tert-OH is 1. The van der Waals surface area contributed by atoms with Crippen molar-refractivity contribution in [3.63, 3.8) is 0 Å². The topological polar surface area (TPSA) is 61.8 Å². The van der Waals surface area contributed by atoms with Gasteiger partial charge in [-0.25, -0.2) is 4.79 Å². The number of carbonyl (C=O) groups is 1. The van der Waals surface area contributed by atoms with Crippen molar-refractivity contribution in [2.24, 2.45) is 5.41 Å². The number of hydrogen-bond acceptors (Lipinski definition) is 5. The lowest BCUT2D eigenvalue weighted by Gasteiger charge is -2.43. The molecule has 1 atom stereocenters. The molecule has 2 N–H and O–H groups in total. The number of esters is 1. The van der Waals surface area contributed by atoms with E-state index in [1.807, 2.05) is 19.1 Å². The van der Waals surface area contributed by atoms with Crippen LogP contribution >= 0.6 is 0 Å². The lowest BCUT2D eigenvalue weighted by molar-refractivity contribution is 0.0470. The summed E-state index contributed by atoms with van der Waals surface area (Å²) < 4.78 is 5.29. The minimum absolute atomic E-state index is 0.233. The van der Waals surface area contributed by atoms with Gasteiger partial charge in [-0.3, -0.25) is 0 Å². The number of cyclic esters (lactones) is 1. The first-order chi connectivity index (χ1) is 35.1. The third kappa shape index (κ3) is 30.0. The summed E-state index contributed by atoms with van der Waals surface area (Å²) in [6.45, 7) is 7.51. The molecule has 0 aromatic heterocycles. The average molecular weight is 990 g/mol. The van der Waals surface area contributed by atoms with E-state index in [0.29, 0.717) is 24.1 Å². The zero-order chi connectivity index (χ0) is 50.0. The molecule has 0 amide bonds. The van der Waals surface area contributed by atoms with Gasteiger partial charge < -0.3 is 20.1 Å². The van der Waals surface area contributed by atoms with Crippen LogP contribution in [-0.2, 0) is 11.3 Å². The summed E-state index contributed by atoms with van der Waals surface area (Å²) in [5.41, 5.74) is 4.03. The normalized spacial score (nSPS) is 24.1. The summed E-state index contributed by atoms with van der Waals surface area (Å²) in [6.07, 6.45) is 71.6. The second kappa shape index (κ2) is 42.8. The predicted molar refractivity (Wildman–Crippen MR) is 308 cm³/mol. The monoisotopic (exact) mass is 989 g/mol. The third-order valence-electron chi connectivity index (χ3n) is 18.1. The molecule has 0 aliphatic carbocycles. The van der Waals surface area contributed by atoms with Crippen LogP contribution in [0.5, 0.6) is 0 Å². The van der Waals surface area contributed by atoms with Gasteiger partial charge >= 0.3 is 5.97 Å². The Morgan fingerprint density at radius 1 is 0.451 bits per heavy atom. The van der Waals surface area contributed by atoms with E-state index in [4.69, 9.17) is 4.74 Å². The van der Waals surface area contributed by atoms with Gasteiger partial charge in [0, 0.05) is 12.1 Å². The fraction of sp³-hybridized carbons (Fsp3) is 0.894. The van der Waals surface area contributed by atoms with Crippen molar-refractivity contribution in [3.05, 3.63) is 34.4 Å². The van der Waals surface area contributed by atoms with Crippen molar-refractivity contribution in [1.82, 2.24) is 10.2 Å². The Morgan fingerprint density at radius 2 is 0.775 bits per heavy atom. The quantitative estimate of drug-likeness (QED) is 0.296. The Labute approximate surface area is 442 Å². The highest BCUT2D eigenvalue weighted by Crippen LogP contribution is 2.41. The summed E-state index contributed by atoms with van der Waals surface area (Å²) in [5.74, 6) is -0.233. The summed E-state index contributed by atoms with van der Waals surface area (Å²) in [6, 6.07) is 3.81. The first-order valence-electron chi connectivity index (χ1n) is 32.5. The summed E-state index contributed by atoms with van der Waals surface area (Å²) >= 11 is 0. The maximum atomic E-state index is 12.1. The van der Waals surface area contributed by atoms with Gasteiger partial charge in [0.1, 0.15) is 6.61 Å². The second-order valence-electron chi connectivity index (χ2n) is 24.2. The molecule has 3 heterocycles. The van der Waals surface area contributed by atoms with E-state index in [-0.39, 0.29) is 5.97 Å². The summed E-state index contributed by atoms with van der Waals surface area (Å²) in [5, 5.41) is 15.3. The van der Waals surface area contributed by atoms with E-state index in [2.05, 4.69) is 10.2 Å². The first kappa shape index (κ1) is 62.1. The maximum absolute atomic E-state index is 12.1. The average Bonchev–Trinajstić information content (AvgIpc) is 3.76. The molecule has 1 unspecified atom stereocenters. The largest absolute Gasteiger partial charge is 0.457 e. The number of aliphatic hydroxyl groups is 1. The van der Waals surface area contributed by atoms with Crippen molar-refractivity contribution in [1.29, 1.82) is 0 Å². The van der Waals surface area contributed by atoms with Crippen LogP contribution in [0.15, 0.2) is 12.1 Å². The van der Waals surface area contributed by atoms with Crippen molar-refractivity contribution in [2.45, 2.75) is 341 Å². The molecule has 0 saturated carbocycles. The van der Waals surface area contributed by atoms with Gasteiger partial charge in [-0.15, -0.1) is 0 Å². The van der Waals surface area contributed by atoms with Crippen LogP contribution in [0, 0.1) is 12.3 Å². The number of carbonyl (C=O) groups excluding carboxylic acids is 1. The van der Waals surface area contributed by atoms with E-state index >= 15 is 0 Å². The fourth-order valence-corrected chi connectivity index (χ4v) is 12.9. The molecule has 412 valence electrons. The predicted octanol–water partition coefficient (Wildman–Crippen LogP) is 20.1. The molecule has 71 heavy (non-hydrogen) atoms. The Morgan fingerprint density at radius 3 is 1.13 bits per heavy atom. The standard InChI is InChI=1S/C66H120N2O3/c1-60-61(48-49-62-63(60)59-71-65(62)70)64(69)58-68-56-52-66(53-57-68)50-46-44-42-40-38-36-34-32-30-28-26-24-22-20-18-16-14-12-10-8-6-4-2-3-5-7-9-11-13-15-17-19-21-23-25-27-29-31-33-35-37-39-41-43-45-47-54-67-55-51-66/h48-49,64,67,69H,2-47,50-59H2,1H3. The molecule has 0 radical (unpaired) electrons. The van der Waals surface area contributed by atoms with Gasteiger partial charge in [0.2, 0.25) is 0 Å². The molecular formula is C66H120N2O3. The van der Waals surface area contributed by atoms with Crippen LogP contribution < -0.4 is 5.32 Å². The number of likely N-dealkylation sites (tertiary alicyclic amines) is 1. The highest BCUT2D eigenvalue weighted by Gasteiger charge is 2.35. The second-order valence-corrected chi connectivity index (χ2v) is 24.2. The van der Waals surface area contributed by atoms with Gasteiger partial charge in [-0.1, -0.05) is 295 Å². The molecule has 3 aliphatic rings. The Balaban J connectivity index is 1.08. The van der Waals surface area contributed by atoms with Crippen LogP contribution in [0.1, 0.15) is 354 Å². The Hall–Kier alpha value is -1.43. The number of rotatable bonds is 3. The first-order valence-corrected chi connectivity index (χ1v) is 32.5. The molecule has 5 nitrogen and oxygen atoms in total. The van der Waals surface area contributed by atoms with Gasteiger partial charge in [-0.2, -0.15) is 0 Å². The number of β-amino-alcohol motifs (C(OH)–C–C–N with tert-alkyl or cyclic N) is 1. The van der Waals surface area contributed by atoms with E-state index in [0.717, 1.165) is 36.3 Å². The molecule has 5 heteroatoms. The number of ether oxygens (including phenoxy) is 1. The molecule has 3 aliphatic heterocycles. The number of fused-ring (bicyclic) bond motifs is 1. The minimum Gasteiger partial charge on any atom is -0.457 e. The molecular weight excluding hydrogens is 869 g/mol. The number of hydrogen-bond donors (Lipinski definition) is 2. The van der Waals surface area contributed by atoms with E-state index in [9.17, 15) is 9.90 Å². The van der Waals surface area contributed by atoms with Crippen LogP contribution in [0.25, 0.3) is 0 Å². The van der Waals surface area contributed by atoms with E-state index in [1.54, 1.807) is 0 Å². The smallest absolute Gasteiger partial charge is 0.338 e. The number of benzene rings is 1. The van der Waals surface area contributed by atoms with Crippen molar-refractivity contribution < 1.29 is 14.6 Å². The molecule has 4 rings (SSSR count). The van der Waals surface area contributed by atoms with Gasteiger partial charge in [0.15, 0.2) is 0 Å². The SMILES string of the molecule is Cc1c(C(O)CN2CCC3(CCCCCCCCCCCCCCCCCCCCCCCCCCCCCCCCCCCCCCCCCCCCCCCCNCC3)CC2)ccc2c1COC2=O. The summed E-state index contributed by atoms with van der Waals surface area (Å²) in [4.78, 5) is 14.6. The van der Waals surface area contributed by atoms with Crippen LogP contribution in [-0.4, -0.2) is 48.7 Å². The molecule has 1 aromatic rings. The molecule has 2 fully saturated rings. The van der Waals surface area contributed by atoms with E-state index < -0.39 is 6.10 Å². The lowest BCUT2D eigenvalue weighted by Crippen LogP contribution is -2.43. The lowest BCUT2D eigenvalue weighted by atomic mass is 9.72.